The Morgan fingerprint density at radius 3 is 2.63 bits per heavy atom. The van der Waals surface area contributed by atoms with Crippen LogP contribution in [0, 0.1) is 25.8 Å². The molecule has 0 saturated heterocycles. The number of benzene rings is 3. The quantitative estimate of drug-likeness (QED) is 0.169. The highest BCUT2D eigenvalue weighted by Gasteiger charge is 2.29. The zero-order valence-electron chi connectivity index (χ0n) is 20.8. The Bertz CT molecular complexity index is 1480. The smallest absolute Gasteiger partial charge is 0.279 e. The van der Waals surface area contributed by atoms with E-state index < -0.39 is 0 Å². The van der Waals surface area contributed by atoms with Gasteiger partial charge in [0.1, 0.15) is 6.20 Å². The molecule has 35 heavy (non-hydrogen) atoms. The first-order chi connectivity index (χ1) is 17.1. The average molecular weight is 460 g/mol. The zero-order valence-corrected chi connectivity index (χ0v) is 20.8. The molecule has 6 rings (SSSR count). The van der Waals surface area contributed by atoms with Crippen molar-refractivity contribution in [2.75, 3.05) is 0 Å². The lowest BCUT2D eigenvalue weighted by molar-refractivity contribution is -0.418. The molecular weight excluding hydrogens is 426 g/mol. The van der Waals surface area contributed by atoms with Gasteiger partial charge in [0.2, 0.25) is 0 Å². The molecule has 0 amide bonds. The second kappa shape index (κ2) is 8.92. The summed E-state index contributed by atoms with van der Waals surface area (Å²) in [6, 6.07) is 20.7. The van der Waals surface area contributed by atoms with Crippen molar-refractivity contribution >= 4 is 28.7 Å². The molecule has 1 saturated carbocycles. The van der Waals surface area contributed by atoms with Gasteiger partial charge in [-0.3, -0.25) is 8.99 Å². The minimum atomic E-state index is 0.799. The number of allylic oxidation sites excluding steroid dienone is 2. The molecule has 0 N–H and O–H groups in total. The fourth-order valence-electron chi connectivity index (χ4n) is 5.99. The molecule has 1 aromatic heterocycles. The first-order valence-corrected chi connectivity index (χ1v) is 13.0. The van der Waals surface area contributed by atoms with Gasteiger partial charge < -0.3 is 0 Å². The highest BCUT2D eigenvalue weighted by Crippen LogP contribution is 2.43. The van der Waals surface area contributed by atoms with E-state index in [0.29, 0.717) is 0 Å². The predicted octanol–water partition coefficient (Wildman–Crippen LogP) is 8.89. The summed E-state index contributed by atoms with van der Waals surface area (Å²) in [5, 5.41) is 2.35. The van der Waals surface area contributed by atoms with Crippen LogP contribution in [0.4, 0.5) is 0 Å². The molecule has 2 heteroatoms. The highest BCUT2D eigenvalue weighted by atomic mass is 16.3. The van der Waals surface area contributed by atoms with Gasteiger partial charge in [0.25, 0.3) is 11.2 Å². The van der Waals surface area contributed by atoms with Crippen LogP contribution in [0.3, 0.4) is 0 Å². The van der Waals surface area contributed by atoms with E-state index in [1.807, 2.05) is 4.58 Å². The molecule has 1 aliphatic heterocycles. The summed E-state index contributed by atoms with van der Waals surface area (Å²) in [6.07, 6.45) is 14.7. The van der Waals surface area contributed by atoms with Gasteiger partial charge in [-0.1, -0.05) is 99.6 Å². The maximum Gasteiger partial charge on any atom is 0.279 e. The fourth-order valence-corrected chi connectivity index (χ4v) is 5.99. The average Bonchev–Trinajstić information content (AvgIpc) is 3.24. The van der Waals surface area contributed by atoms with Crippen LogP contribution >= 0.6 is 0 Å². The van der Waals surface area contributed by atoms with Gasteiger partial charge in [-0.05, 0) is 41.0 Å². The van der Waals surface area contributed by atoms with Crippen LogP contribution in [0.25, 0.3) is 33.1 Å². The summed E-state index contributed by atoms with van der Waals surface area (Å²) in [7, 11) is 0. The second-order valence-electron chi connectivity index (χ2n) is 10.4. The van der Waals surface area contributed by atoms with Crippen molar-refractivity contribution < 1.29 is 8.99 Å². The van der Waals surface area contributed by atoms with Crippen LogP contribution in [-0.4, -0.2) is 11.3 Å². The summed E-state index contributed by atoms with van der Waals surface area (Å²) >= 11 is 0. The van der Waals surface area contributed by atoms with Crippen molar-refractivity contribution in [2.24, 2.45) is 5.92 Å². The molecule has 176 valence electrons. The normalized spacial score (nSPS) is 16.9. The molecule has 0 atom stereocenters. The molecule has 0 unspecified atom stereocenters. The Labute approximate surface area is 208 Å². The minimum absolute atomic E-state index is 0.799. The molecule has 0 spiro atoms. The summed E-state index contributed by atoms with van der Waals surface area (Å²) in [5.41, 5.74) is 9.29. The topological polar surface area (TPSA) is 14.3 Å². The Balaban J connectivity index is 1.54. The monoisotopic (exact) mass is 459 g/mol. The first kappa shape index (κ1) is 22.0. The van der Waals surface area contributed by atoms with E-state index in [2.05, 4.69) is 93.5 Å². The van der Waals surface area contributed by atoms with Crippen molar-refractivity contribution in [3.63, 3.8) is 0 Å². The van der Waals surface area contributed by atoms with E-state index >= 15 is 0 Å². The molecular formula is C33H33NO. The number of furan rings is 1. The molecule has 2 aliphatic rings. The highest BCUT2D eigenvalue weighted by molar-refractivity contribution is 6.14. The number of nitrogens with zero attached hydrogens (tertiary/aromatic N) is 1. The van der Waals surface area contributed by atoms with Gasteiger partial charge in [0.15, 0.2) is 6.04 Å². The van der Waals surface area contributed by atoms with Gasteiger partial charge in [-0.2, -0.15) is 0 Å². The molecule has 2 heterocycles. The van der Waals surface area contributed by atoms with Gasteiger partial charge in [0, 0.05) is 5.39 Å². The number of hydrogen-bond donors (Lipinski definition) is 0. The van der Waals surface area contributed by atoms with Crippen LogP contribution < -0.4 is 0 Å². The number of fused-ring (bicyclic) bond motifs is 3. The van der Waals surface area contributed by atoms with Crippen molar-refractivity contribution in [2.45, 2.75) is 52.4 Å². The number of aryl methyl sites for hydroxylation is 2. The van der Waals surface area contributed by atoms with Crippen LogP contribution in [0.15, 0.2) is 82.9 Å². The van der Waals surface area contributed by atoms with Crippen LogP contribution in [0.5, 0.6) is 0 Å². The van der Waals surface area contributed by atoms with E-state index in [9.17, 15) is 0 Å². The van der Waals surface area contributed by atoms with E-state index in [1.165, 1.54) is 70.7 Å². The van der Waals surface area contributed by atoms with Crippen molar-refractivity contribution in [3.05, 3.63) is 101 Å². The lowest BCUT2D eigenvalue weighted by Gasteiger charge is -2.26. The van der Waals surface area contributed by atoms with E-state index in [-0.39, 0.29) is 0 Å². The number of rotatable bonds is 4. The van der Waals surface area contributed by atoms with Crippen LogP contribution in [0.1, 0.15) is 55.2 Å². The van der Waals surface area contributed by atoms with Crippen molar-refractivity contribution in [1.29, 1.82) is 0 Å². The standard InChI is InChI=1S/C33H33NO/c1-22-14-15-27-30(18-22)35-33-31(23(2)19-28(32(27)33)26-12-8-5-9-13-26)29-21-25(16-17-34(29)3)20-24-10-6-4-7-11-24/h5,8-9,12-19,21,24H,3-4,6-7,10-11,20H2,1-2H3. The minimum Gasteiger partial charge on any atom is -0.286 e. The lowest BCUT2D eigenvalue weighted by atomic mass is 9.83. The third-order valence-corrected chi connectivity index (χ3v) is 7.79. The van der Waals surface area contributed by atoms with E-state index in [1.54, 1.807) is 0 Å². The zero-order chi connectivity index (χ0) is 23.9. The maximum atomic E-state index is 6.67. The van der Waals surface area contributed by atoms with Crippen LogP contribution in [0.2, 0.25) is 0 Å². The lowest BCUT2D eigenvalue weighted by Crippen LogP contribution is -2.17. The Morgan fingerprint density at radius 1 is 1.03 bits per heavy atom. The summed E-state index contributed by atoms with van der Waals surface area (Å²) in [5.74, 6) is 0.799. The Kier molecular flexibility index (Phi) is 5.60. The van der Waals surface area contributed by atoms with Gasteiger partial charge >= 0.3 is 0 Å². The Morgan fingerprint density at radius 2 is 1.83 bits per heavy atom. The summed E-state index contributed by atoms with van der Waals surface area (Å²) in [6.45, 7) is 8.68. The van der Waals surface area contributed by atoms with Gasteiger partial charge in [-0.15, -0.1) is 17.7 Å². The van der Waals surface area contributed by atoms with Crippen LogP contribution in [-0.2, 0) is 0 Å². The third kappa shape index (κ3) is 4.01. The third-order valence-electron chi connectivity index (χ3n) is 7.79. The van der Waals surface area contributed by atoms with Crippen molar-refractivity contribution in [3.8, 4) is 11.1 Å². The molecule has 1 fully saturated rings. The largest absolute Gasteiger partial charge is 0.286 e. The molecule has 2 nitrogen and oxygen atoms in total. The molecule has 3 aromatic carbocycles. The molecule has 0 radical (unpaired) electrons. The maximum absolute atomic E-state index is 6.67. The Hall–Kier alpha value is -3.52. The van der Waals surface area contributed by atoms with Crippen molar-refractivity contribution in [1.82, 2.24) is 0 Å². The van der Waals surface area contributed by atoms with E-state index in [0.717, 1.165) is 35.1 Å². The second-order valence-corrected chi connectivity index (χ2v) is 10.4. The predicted molar refractivity (Wildman–Crippen MR) is 147 cm³/mol. The first-order valence-electron chi connectivity index (χ1n) is 13.0. The molecule has 4 aromatic rings. The fraction of sp³-hybridized carbons (Fsp3) is 0.273. The van der Waals surface area contributed by atoms with Gasteiger partial charge in [-0.25, -0.2) is 0 Å². The summed E-state index contributed by atoms with van der Waals surface area (Å²) in [4.78, 5) is 0. The SMILES string of the molecule is C=[N+]1C=CC(CC2CCCCC2)=C[C-]1c1c(C)cc(-c2ccccc2)c2c1[o+][c-]1cc(C)ccc21. The van der Waals surface area contributed by atoms with E-state index in [4.69, 9.17) is 4.42 Å². The van der Waals surface area contributed by atoms with Gasteiger partial charge in [0.05, 0.1) is 12.3 Å². The number of hydrogen-bond acceptors (Lipinski definition) is 0. The molecule has 1 aliphatic carbocycles. The molecule has 0 bridgehead atoms. The summed E-state index contributed by atoms with van der Waals surface area (Å²) < 4.78 is 8.67.